The Labute approximate surface area is 293 Å². The molecule has 234 valence electrons. The number of hydrogen-bond donors (Lipinski definition) is 0. The van der Waals surface area contributed by atoms with Crippen LogP contribution in [0.2, 0.25) is 0 Å². The van der Waals surface area contributed by atoms with E-state index in [-0.39, 0.29) is 0 Å². The smallest absolute Gasteiger partial charge is 0.0726 e. The van der Waals surface area contributed by atoms with Crippen molar-refractivity contribution in [2.75, 3.05) is 4.90 Å². The van der Waals surface area contributed by atoms with Crippen molar-refractivity contribution in [3.05, 3.63) is 222 Å². The molecule has 0 unspecified atom stereocenters. The van der Waals surface area contributed by atoms with E-state index in [1.165, 1.54) is 72.4 Å². The number of para-hydroxylation sites is 1. The number of benzene rings is 8. The number of hydrogen-bond acceptors (Lipinski definition) is 1. The van der Waals surface area contributed by atoms with Crippen molar-refractivity contribution in [3.8, 4) is 44.5 Å². The van der Waals surface area contributed by atoms with Crippen molar-refractivity contribution in [2.24, 2.45) is 0 Å². The summed E-state index contributed by atoms with van der Waals surface area (Å²) in [5.41, 5.74) is 18.4. The van der Waals surface area contributed by atoms with Gasteiger partial charge in [-0.1, -0.05) is 176 Å². The Balaban J connectivity index is 1.30. The van der Waals surface area contributed by atoms with Crippen LogP contribution in [0, 0.1) is 0 Å². The number of anilines is 3. The fourth-order valence-electron chi connectivity index (χ4n) is 8.70. The van der Waals surface area contributed by atoms with Crippen LogP contribution in [-0.2, 0) is 5.41 Å². The summed E-state index contributed by atoms with van der Waals surface area (Å²) in [4.78, 5) is 2.50. The zero-order valence-electron chi connectivity index (χ0n) is 27.5. The lowest BCUT2D eigenvalue weighted by atomic mass is 9.70. The first-order chi connectivity index (χ1) is 24.8. The van der Waals surface area contributed by atoms with Crippen LogP contribution in [-0.4, -0.2) is 0 Å². The van der Waals surface area contributed by atoms with Gasteiger partial charge in [-0.3, -0.25) is 0 Å². The van der Waals surface area contributed by atoms with Crippen LogP contribution >= 0.6 is 0 Å². The highest BCUT2D eigenvalue weighted by Crippen LogP contribution is 2.64. The zero-order valence-corrected chi connectivity index (χ0v) is 27.5. The van der Waals surface area contributed by atoms with Gasteiger partial charge < -0.3 is 4.90 Å². The van der Waals surface area contributed by atoms with Crippen molar-refractivity contribution >= 4 is 17.1 Å². The van der Waals surface area contributed by atoms with E-state index >= 15 is 0 Å². The van der Waals surface area contributed by atoms with E-state index < -0.39 is 5.41 Å². The normalized spacial score (nSPS) is 13.0. The molecule has 0 amide bonds. The monoisotopic (exact) mass is 635 g/mol. The SMILES string of the molecule is c1ccc(-c2cccc(N(c3ccccc3-c3ccccc3)c3cccc4c3-c3ccccc3C43c4ccccc4-c4ccccc43)c2)cc1. The summed E-state index contributed by atoms with van der Waals surface area (Å²) in [6.07, 6.45) is 0. The molecule has 0 heterocycles. The summed E-state index contributed by atoms with van der Waals surface area (Å²) >= 11 is 0. The van der Waals surface area contributed by atoms with Gasteiger partial charge in [0.25, 0.3) is 0 Å². The quantitative estimate of drug-likeness (QED) is 0.182. The summed E-state index contributed by atoms with van der Waals surface area (Å²) in [6, 6.07) is 73.4. The van der Waals surface area contributed by atoms with Gasteiger partial charge in [-0.2, -0.15) is 0 Å². The van der Waals surface area contributed by atoms with Crippen molar-refractivity contribution in [2.45, 2.75) is 5.41 Å². The summed E-state index contributed by atoms with van der Waals surface area (Å²) in [5.74, 6) is 0. The van der Waals surface area contributed by atoms with Gasteiger partial charge in [0.15, 0.2) is 0 Å². The molecule has 2 aliphatic carbocycles. The van der Waals surface area contributed by atoms with Gasteiger partial charge in [0.05, 0.1) is 16.8 Å². The summed E-state index contributed by atoms with van der Waals surface area (Å²) in [5, 5.41) is 0. The second-order valence-corrected chi connectivity index (χ2v) is 13.2. The predicted octanol–water partition coefficient (Wildman–Crippen LogP) is 12.8. The predicted molar refractivity (Wildman–Crippen MR) is 208 cm³/mol. The highest BCUT2D eigenvalue weighted by atomic mass is 15.1. The van der Waals surface area contributed by atoms with E-state index in [4.69, 9.17) is 0 Å². The molecular formula is C49H33N. The molecule has 2 aliphatic rings. The molecular weight excluding hydrogens is 603 g/mol. The average Bonchev–Trinajstić information content (AvgIpc) is 3.67. The molecule has 10 rings (SSSR count). The fraction of sp³-hybridized carbons (Fsp3) is 0.0204. The molecule has 8 aromatic rings. The van der Waals surface area contributed by atoms with Crippen LogP contribution in [0.1, 0.15) is 22.3 Å². The topological polar surface area (TPSA) is 3.24 Å². The minimum Gasteiger partial charge on any atom is -0.309 e. The molecule has 50 heavy (non-hydrogen) atoms. The molecule has 0 aliphatic heterocycles. The van der Waals surface area contributed by atoms with Crippen LogP contribution < -0.4 is 4.90 Å². The van der Waals surface area contributed by atoms with E-state index in [0.29, 0.717) is 0 Å². The third-order valence-electron chi connectivity index (χ3n) is 10.7. The lowest BCUT2D eigenvalue weighted by molar-refractivity contribution is 0.794. The molecule has 1 nitrogen and oxygen atoms in total. The first-order valence-corrected chi connectivity index (χ1v) is 17.4. The van der Waals surface area contributed by atoms with E-state index in [0.717, 1.165) is 11.4 Å². The molecule has 8 aromatic carbocycles. The summed E-state index contributed by atoms with van der Waals surface area (Å²) in [7, 11) is 0. The number of nitrogens with zero attached hydrogens (tertiary/aromatic N) is 1. The van der Waals surface area contributed by atoms with E-state index in [1.54, 1.807) is 0 Å². The highest BCUT2D eigenvalue weighted by molar-refractivity contribution is 6.02. The van der Waals surface area contributed by atoms with Crippen molar-refractivity contribution in [1.29, 1.82) is 0 Å². The summed E-state index contributed by atoms with van der Waals surface area (Å²) < 4.78 is 0. The standard InChI is InChI=1S/C49H33N/c1-3-17-34(18-4-1)36-21-15-22-37(33-36)50(46-31-14-10-23-38(46)35-19-5-2-6-20-35)47-32-16-30-45-48(47)41-26-9-13-29-44(41)49(45)42-27-11-7-24-39(42)40-25-8-12-28-43(40)49/h1-33H. The highest BCUT2D eigenvalue weighted by Gasteiger charge is 2.52. The molecule has 0 radical (unpaired) electrons. The molecule has 0 saturated heterocycles. The minimum absolute atomic E-state index is 0.411. The van der Waals surface area contributed by atoms with E-state index in [1.807, 2.05) is 0 Å². The number of fused-ring (bicyclic) bond motifs is 10. The van der Waals surface area contributed by atoms with Gasteiger partial charge in [0.1, 0.15) is 0 Å². The Morgan fingerprint density at radius 3 is 1.44 bits per heavy atom. The van der Waals surface area contributed by atoms with Crippen LogP contribution in [0.15, 0.2) is 200 Å². The largest absolute Gasteiger partial charge is 0.309 e. The van der Waals surface area contributed by atoms with E-state index in [2.05, 4.69) is 205 Å². The van der Waals surface area contributed by atoms with Gasteiger partial charge in [-0.05, 0) is 79.9 Å². The van der Waals surface area contributed by atoms with Crippen molar-refractivity contribution < 1.29 is 0 Å². The lowest BCUT2D eigenvalue weighted by Gasteiger charge is -2.32. The molecule has 1 spiro atoms. The maximum Gasteiger partial charge on any atom is 0.0726 e. The molecule has 0 aromatic heterocycles. The van der Waals surface area contributed by atoms with Crippen LogP contribution in [0.3, 0.4) is 0 Å². The first-order valence-electron chi connectivity index (χ1n) is 17.4. The zero-order chi connectivity index (χ0) is 33.1. The van der Waals surface area contributed by atoms with Crippen LogP contribution in [0.5, 0.6) is 0 Å². The van der Waals surface area contributed by atoms with Crippen LogP contribution in [0.4, 0.5) is 17.1 Å². The van der Waals surface area contributed by atoms with Gasteiger partial charge in [0, 0.05) is 16.8 Å². The molecule has 0 bridgehead atoms. The number of rotatable bonds is 5. The second-order valence-electron chi connectivity index (χ2n) is 13.2. The Bertz CT molecular complexity index is 2500. The van der Waals surface area contributed by atoms with Crippen molar-refractivity contribution in [3.63, 3.8) is 0 Å². The summed E-state index contributed by atoms with van der Waals surface area (Å²) in [6.45, 7) is 0. The molecule has 0 fully saturated rings. The maximum atomic E-state index is 2.50. The third kappa shape index (κ3) is 4.07. The van der Waals surface area contributed by atoms with Crippen molar-refractivity contribution in [1.82, 2.24) is 0 Å². The molecule has 1 heteroatoms. The first kappa shape index (κ1) is 28.6. The average molecular weight is 636 g/mol. The molecule has 0 saturated carbocycles. The molecule has 0 atom stereocenters. The Kier molecular flexibility index (Phi) is 6.47. The Morgan fingerprint density at radius 2 is 0.760 bits per heavy atom. The molecule has 0 N–H and O–H groups in total. The second kappa shape index (κ2) is 11.3. The maximum absolute atomic E-state index is 2.50. The van der Waals surface area contributed by atoms with Gasteiger partial charge in [-0.25, -0.2) is 0 Å². The minimum atomic E-state index is -0.411. The van der Waals surface area contributed by atoms with Gasteiger partial charge >= 0.3 is 0 Å². The van der Waals surface area contributed by atoms with Gasteiger partial charge in [0.2, 0.25) is 0 Å². The fourth-order valence-corrected chi connectivity index (χ4v) is 8.70. The lowest BCUT2D eigenvalue weighted by Crippen LogP contribution is -2.26. The van der Waals surface area contributed by atoms with Crippen LogP contribution in [0.25, 0.3) is 44.5 Å². The van der Waals surface area contributed by atoms with E-state index in [9.17, 15) is 0 Å². The Hall–Kier alpha value is -6.44. The van der Waals surface area contributed by atoms with Gasteiger partial charge in [-0.15, -0.1) is 0 Å². The third-order valence-corrected chi connectivity index (χ3v) is 10.7. The Morgan fingerprint density at radius 1 is 0.300 bits per heavy atom.